The molecule has 0 heterocycles. The molecule has 3 N–H and O–H groups in total. The predicted molar refractivity (Wildman–Crippen MR) is 73.4 cm³/mol. The van der Waals surface area contributed by atoms with Crippen LogP contribution in [0, 0.1) is 5.41 Å². The molecular weight excluding hydrogens is 226 g/mol. The lowest BCUT2D eigenvalue weighted by atomic mass is 9.70. The van der Waals surface area contributed by atoms with E-state index in [-0.39, 0.29) is 17.8 Å². The first-order chi connectivity index (χ1) is 8.46. The highest BCUT2D eigenvalue weighted by atomic mass is 16.5. The van der Waals surface area contributed by atoms with Crippen molar-refractivity contribution >= 4 is 0 Å². The van der Waals surface area contributed by atoms with Crippen molar-refractivity contribution in [1.82, 2.24) is 0 Å². The maximum atomic E-state index is 10.0. The summed E-state index contributed by atoms with van der Waals surface area (Å²) in [5, 5.41) is 10.0. The van der Waals surface area contributed by atoms with Crippen molar-refractivity contribution in [1.29, 1.82) is 0 Å². The van der Waals surface area contributed by atoms with E-state index in [1.54, 1.807) is 0 Å². The molecule has 2 aliphatic carbocycles. The lowest BCUT2D eigenvalue weighted by Crippen LogP contribution is -2.50. The van der Waals surface area contributed by atoms with Crippen molar-refractivity contribution in [2.24, 2.45) is 11.1 Å². The summed E-state index contributed by atoms with van der Waals surface area (Å²) < 4.78 is 6.30. The van der Waals surface area contributed by atoms with Crippen LogP contribution in [0.25, 0.3) is 0 Å². The van der Waals surface area contributed by atoms with Crippen LogP contribution in [0.2, 0.25) is 0 Å². The zero-order chi connectivity index (χ0) is 13.2. The molecular formula is C15H29NO2. The van der Waals surface area contributed by atoms with E-state index < -0.39 is 0 Å². The van der Waals surface area contributed by atoms with Gasteiger partial charge in [-0.1, -0.05) is 26.7 Å². The summed E-state index contributed by atoms with van der Waals surface area (Å²) in [6.07, 6.45) is 8.35. The summed E-state index contributed by atoms with van der Waals surface area (Å²) in [4.78, 5) is 0. The van der Waals surface area contributed by atoms with Gasteiger partial charge in [-0.2, -0.15) is 0 Å². The van der Waals surface area contributed by atoms with Crippen LogP contribution in [0.1, 0.15) is 65.2 Å². The third kappa shape index (κ3) is 3.25. The molecule has 0 radical (unpaired) electrons. The molecule has 2 unspecified atom stereocenters. The Morgan fingerprint density at radius 3 is 2.28 bits per heavy atom. The van der Waals surface area contributed by atoms with Crippen LogP contribution in [0.3, 0.4) is 0 Å². The summed E-state index contributed by atoms with van der Waals surface area (Å²) in [6.45, 7) is 5.23. The monoisotopic (exact) mass is 255 g/mol. The first-order valence-corrected chi connectivity index (χ1v) is 7.52. The van der Waals surface area contributed by atoms with Crippen LogP contribution in [0.4, 0.5) is 0 Å². The second-order valence-electron chi connectivity index (χ2n) is 7.06. The van der Waals surface area contributed by atoms with Crippen molar-refractivity contribution in [2.75, 3.05) is 6.54 Å². The molecule has 2 aliphatic rings. The molecule has 0 aromatic heterocycles. The maximum absolute atomic E-state index is 10.0. The van der Waals surface area contributed by atoms with Crippen LogP contribution in [0.15, 0.2) is 0 Å². The number of aliphatic hydroxyl groups excluding tert-OH is 1. The van der Waals surface area contributed by atoms with Crippen LogP contribution in [-0.4, -0.2) is 29.5 Å². The smallest absolute Gasteiger partial charge is 0.0842 e. The number of nitrogens with two attached hydrogens (primary N) is 1. The Bertz CT molecular complexity index is 268. The Morgan fingerprint density at radius 2 is 1.72 bits per heavy atom. The SMILES string of the molecule is CC1(C)CCC(CN)(OC2CCCCC2O)CC1. The number of ether oxygens (including phenoxy) is 1. The van der Waals surface area contributed by atoms with Gasteiger partial charge in [-0.25, -0.2) is 0 Å². The van der Waals surface area contributed by atoms with Gasteiger partial charge < -0.3 is 15.6 Å². The minimum absolute atomic E-state index is 0.0171. The standard InChI is InChI=1S/C15H29NO2/c1-14(2)7-9-15(11-16,10-8-14)18-13-6-4-3-5-12(13)17/h12-13,17H,3-11,16H2,1-2H3. The lowest BCUT2D eigenvalue weighted by Gasteiger charge is -2.46. The van der Waals surface area contributed by atoms with Gasteiger partial charge in [0, 0.05) is 6.54 Å². The molecule has 2 fully saturated rings. The molecule has 0 aliphatic heterocycles. The Kier molecular flexibility index (Phi) is 4.35. The Hall–Kier alpha value is -0.120. The average Bonchev–Trinajstić information content (AvgIpc) is 2.35. The van der Waals surface area contributed by atoms with Gasteiger partial charge in [0.2, 0.25) is 0 Å². The minimum Gasteiger partial charge on any atom is -0.390 e. The zero-order valence-corrected chi connectivity index (χ0v) is 12.0. The summed E-state index contributed by atoms with van der Waals surface area (Å²) in [7, 11) is 0. The van der Waals surface area contributed by atoms with E-state index in [9.17, 15) is 5.11 Å². The molecule has 0 bridgehead atoms. The number of hydrogen-bond donors (Lipinski definition) is 2. The van der Waals surface area contributed by atoms with E-state index >= 15 is 0 Å². The highest BCUT2D eigenvalue weighted by molar-refractivity contribution is 4.93. The van der Waals surface area contributed by atoms with Crippen molar-refractivity contribution in [3.63, 3.8) is 0 Å². The predicted octanol–water partition coefficient (Wildman–Crippen LogP) is 2.60. The molecule has 2 saturated carbocycles. The van der Waals surface area contributed by atoms with E-state index in [4.69, 9.17) is 10.5 Å². The number of hydrogen-bond acceptors (Lipinski definition) is 3. The Balaban J connectivity index is 1.96. The van der Waals surface area contributed by atoms with E-state index in [2.05, 4.69) is 13.8 Å². The molecule has 0 amide bonds. The zero-order valence-electron chi connectivity index (χ0n) is 12.0. The van der Waals surface area contributed by atoms with Crippen molar-refractivity contribution in [3.8, 4) is 0 Å². The minimum atomic E-state index is -0.280. The molecule has 0 aromatic carbocycles. The highest BCUT2D eigenvalue weighted by Gasteiger charge is 2.41. The lowest BCUT2D eigenvalue weighted by molar-refractivity contribution is -0.163. The van der Waals surface area contributed by atoms with Crippen molar-refractivity contribution in [3.05, 3.63) is 0 Å². The van der Waals surface area contributed by atoms with E-state index in [0.29, 0.717) is 12.0 Å². The molecule has 3 nitrogen and oxygen atoms in total. The van der Waals surface area contributed by atoms with Crippen LogP contribution in [-0.2, 0) is 4.74 Å². The van der Waals surface area contributed by atoms with Gasteiger partial charge in [0.25, 0.3) is 0 Å². The summed E-state index contributed by atoms with van der Waals surface area (Å²) in [5.74, 6) is 0. The summed E-state index contributed by atoms with van der Waals surface area (Å²) >= 11 is 0. The van der Waals surface area contributed by atoms with E-state index in [1.807, 2.05) is 0 Å². The normalized spacial score (nSPS) is 35.3. The largest absolute Gasteiger partial charge is 0.390 e. The van der Waals surface area contributed by atoms with Crippen molar-refractivity contribution in [2.45, 2.75) is 83.0 Å². The van der Waals surface area contributed by atoms with Gasteiger partial charge in [-0.3, -0.25) is 0 Å². The molecule has 0 aromatic rings. The molecule has 18 heavy (non-hydrogen) atoms. The van der Waals surface area contributed by atoms with E-state index in [1.165, 1.54) is 19.3 Å². The van der Waals surface area contributed by atoms with Crippen LogP contribution >= 0.6 is 0 Å². The number of rotatable bonds is 3. The van der Waals surface area contributed by atoms with Gasteiger partial charge >= 0.3 is 0 Å². The average molecular weight is 255 g/mol. The molecule has 2 rings (SSSR count). The fourth-order valence-electron chi connectivity index (χ4n) is 3.29. The topological polar surface area (TPSA) is 55.5 Å². The van der Waals surface area contributed by atoms with Gasteiger partial charge in [0.1, 0.15) is 0 Å². The summed E-state index contributed by atoms with van der Waals surface area (Å²) in [5.41, 5.74) is 6.24. The van der Waals surface area contributed by atoms with Crippen LogP contribution < -0.4 is 5.73 Å². The molecule has 0 saturated heterocycles. The third-order valence-electron chi connectivity index (χ3n) is 4.96. The quantitative estimate of drug-likeness (QED) is 0.815. The second-order valence-corrected chi connectivity index (χ2v) is 7.06. The van der Waals surface area contributed by atoms with Gasteiger partial charge in [0.05, 0.1) is 17.8 Å². The number of aliphatic hydroxyl groups is 1. The Morgan fingerprint density at radius 1 is 1.11 bits per heavy atom. The molecule has 2 atom stereocenters. The highest BCUT2D eigenvalue weighted by Crippen LogP contribution is 2.43. The maximum Gasteiger partial charge on any atom is 0.0842 e. The second kappa shape index (κ2) is 5.48. The molecule has 0 spiro atoms. The summed E-state index contributed by atoms with van der Waals surface area (Å²) in [6, 6.07) is 0. The molecule has 3 heteroatoms. The van der Waals surface area contributed by atoms with Gasteiger partial charge in [-0.05, 0) is 43.9 Å². The van der Waals surface area contributed by atoms with Gasteiger partial charge in [0.15, 0.2) is 0 Å². The fraction of sp³-hybridized carbons (Fsp3) is 1.00. The fourth-order valence-corrected chi connectivity index (χ4v) is 3.29. The Labute approximate surface area is 111 Å². The molecule has 106 valence electrons. The first-order valence-electron chi connectivity index (χ1n) is 7.52. The first kappa shape index (κ1) is 14.3. The van der Waals surface area contributed by atoms with Crippen LogP contribution in [0.5, 0.6) is 0 Å². The third-order valence-corrected chi connectivity index (χ3v) is 4.96. The van der Waals surface area contributed by atoms with Crippen molar-refractivity contribution < 1.29 is 9.84 Å². The van der Waals surface area contributed by atoms with Gasteiger partial charge in [-0.15, -0.1) is 0 Å². The van der Waals surface area contributed by atoms with E-state index in [0.717, 1.165) is 32.1 Å².